The van der Waals surface area contributed by atoms with Gasteiger partial charge in [0.25, 0.3) is 0 Å². The number of fused-ring (bicyclic) bond motifs is 1. The van der Waals surface area contributed by atoms with E-state index >= 15 is 0 Å². The molecule has 2 heterocycles. The van der Waals surface area contributed by atoms with E-state index in [1.807, 2.05) is 0 Å². The maximum Gasteiger partial charge on any atom is 0.417 e. The third-order valence-corrected chi connectivity index (χ3v) is 2.31. The fourth-order valence-electron chi connectivity index (χ4n) is 1.51. The molecule has 0 aliphatic heterocycles. The number of alkyl halides is 3. The summed E-state index contributed by atoms with van der Waals surface area (Å²) in [5.41, 5.74) is -0.583. The molecule has 0 aliphatic carbocycles. The molecule has 0 amide bonds. The van der Waals surface area contributed by atoms with Crippen LogP contribution in [-0.4, -0.2) is 27.2 Å². The monoisotopic (exact) mass is 273 g/mol. The lowest BCUT2D eigenvalue weighted by atomic mass is 10.3. The van der Waals surface area contributed by atoms with Gasteiger partial charge in [0.15, 0.2) is 11.5 Å². The Hall–Kier alpha value is -2.12. The summed E-state index contributed by atoms with van der Waals surface area (Å²) < 4.78 is 43.2. The number of aromatic nitrogens is 3. The number of esters is 1. The molecular formula is C11H10F3N3O2. The number of carbonyl (C=O) groups excluding carboxylic acids is 1. The van der Waals surface area contributed by atoms with Crippen molar-refractivity contribution < 1.29 is 22.7 Å². The second-order valence-corrected chi connectivity index (χ2v) is 3.73. The number of rotatable bonds is 3. The lowest BCUT2D eigenvalue weighted by Gasteiger charge is -2.05. The maximum absolute atomic E-state index is 12.5. The van der Waals surface area contributed by atoms with Crippen molar-refractivity contribution in [1.82, 2.24) is 14.6 Å². The first kappa shape index (κ1) is 13.3. The quantitative estimate of drug-likeness (QED) is 0.801. The van der Waals surface area contributed by atoms with Crippen molar-refractivity contribution in [3.05, 3.63) is 29.7 Å². The fraction of sp³-hybridized carbons (Fsp3) is 0.364. The minimum atomic E-state index is -4.44. The molecule has 2 aromatic heterocycles. The molecule has 0 saturated heterocycles. The fourth-order valence-corrected chi connectivity index (χ4v) is 1.51. The van der Waals surface area contributed by atoms with Crippen molar-refractivity contribution in [2.45, 2.75) is 19.5 Å². The lowest BCUT2D eigenvalue weighted by Crippen LogP contribution is -2.09. The Bertz CT molecular complexity index is 607. The number of ether oxygens (including phenoxy) is 1. The normalized spacial score (nSPS) is 11.8. The summed E-state index contributed by atoms with van der Waals surface area (Å²) in [6.45, 7) is 1.88. The molecule has 8 heteroatoms. The van der Waals surface area contributed by atoms with Crippen molar-refractivity contribution >= 4 is 11.6 Å². The molecule has 0 spiro atoms. The van der Waals surface area contributed by atoms with Crippen molar-refractivity contribution in [3.8, 4) is 0 Å². The van der Waals surface area contributed by atoms with Gasteiger partial charge in [0.2, 0.25) is 0 Å². The largest absolute Gasteiger partial charge is 0.466 e. The van der Waals surface area contributed by atoms with E-state index in [0.29, 0.717) is 0 Å². The van der Waals surface area contributed by atoms with Gasteiger partial charge < -0.3 is 4.74 Å². The first-order valence-corrected chi connectivity index (χ1v) is 5.48. The average Bonchev–Trinajstić information content (AvgIpc) is 2.68. The molecule has 0 fully saturated rings. The molecule has 0 bridgehead atoms. The molecule has 0 atom stereocenters. The van der Waals surface area contributed by atoms with E-state index in [-0.39, 0.29) is 24.5 Å². The van der Waals surface area contributed by atoms with Gasteiger partial charge in [-0.3, -0.25) is 4.79 Å². The van der Waals surface area contributed by atoms with Gasteiger partial charge in [-0.05, 0) is 19.1 Å². The zero-order valence-corrected chi connectivity index (χ0v) is 9.94. The van der Waals surface area contributed by atoms with E-state index in [0.717, 1.165) is 16.8 Å². The molecule has 2 aromatic rings. The Labute approximate surface area is 106 Å². The smallest absolute Gasteiger partial charge is 0.417 e. The predicted molar refractivity (Wildman–Crippen MR) is 58.3 cm³/mol. The summed E-state index contributed by atoms with van der Waals surface area (Å²) in [5, 5.41) is 3.81. The summed E-state index contributed by atoms with van der Waals surface area (Å²) in [6.07, 6.45) is -3.78. The van der Waals surface area contributed by atoms with Crippen LogP contribution in [0.1, 0.15) is 18.3 Å². The highest BCUT2D eigenvalue weighted by molar-refractivity contribution is 5.71. The van der Waals surface area contributed by atoms with Crippen LogP contribution in [0, 0.1) is 0 Å². The van der Waals surface area contributed by atoms with Gasteiger partial charge in [-0.2, -0.15) is 18.3 Å². The molecule has 0 aliphatic rings. The minimum absolute atomic E-state index is 0.123. The highest BCUT2D eigenvalue weighted by Crippen LogP contribution is 2.28. The number of pyridine rings is 1. The second-order valence-electron chi connectivity index (χ2n) is 3.73. The van der Waals surface area contributed by atoms with Crippen LogP contribution in [0.15, 0.2) is 18.3 Å². The number of hydrogen-bond acceptors (Lipinski definition) is 4. The summed E-state index contributed by atoms with van der Waals surface area (Å²) in [7, 11) is 0. The number of halogens is 3. The van der Waals surface area contributed by atoms with Gasteiger partial charge in [0, 0.05) is 6.20 Å². The van der Waals surface area contributed by atoms with E-state index < -0.39 is 17.7 Å². The maximum atomic E-state index is 12.5. The van der Waals surface area contributed by atoms with Crippen LogP contribution >= 0.6 is 0 Å². The second kappa shape index (κ2) is 4.87. The van der Waals surface area contributed by atoms with E-state index in [9.17, 15) is 18.0 Å². The van der Waals surface area contributed by atoms with Crippen LogP contribution in [0.25, 0.3) is 5.65 Å². The summed E-state index contributed by atoms with van der Waals surface area (Å²) in [6, 6.07) is 2.11. The van der Waals surface area contributed by atoms with Crippen LogP contribution in [0.2, 0.25) is 0 Å². The number of hydrogen-bond donors (Lipinski definition) is 0. The third kappa shape index (κ3) is 3.01. The van der Waals surface area contributed by atoms with Crippen molar-refractivity contribution in [2.24, 2.45) is 0 Å². The highest BCUT2D eigenvalue weighted by atomic mass is 19.4. The standard InChI is InChI=1S/C11H10F3N3O2/c1-2-19-10(18)5-8-15-9-4-3-7(11(12,13)14)6-17(9)16-8/h3-4,6H,2,5H2,1H3. The van der Waals surface area contributed by atoms with Crippen LogP contribution in [0.5, 0.6) is 0 Å². The van der Waals surface area contributed by atoms with Crippen molar-refractivity contribution in [3.63, 3.8) is 0 Å². The molecule has 2 rings (SSSR count). The van der Waals surface area contributed by atoms with E-state index in [4.69, 9.17) is 4.74 Å². The van der Waals surface area contributed by atoms with Crippen LogP contribution in [-0.2, 0) is 22.1 Å². The Morgan fingerprint density at radius 2 is 2.16 bits per heavy atom. The van der Waals surface area contributed by atoms with Crippen molar-refractivity contribution in [2.75, 3.05) is 6.61 Å². The first-order valence-electron chi connectivity index (χ1n) is 5.48. The van der Waals surface area contributed by atoms with Gasteiger partial charge in [0.05, 0.1) is 12.2 Å². The van der Waals surface area contributed by atoms with E-state index in [1.165, 1.54) is 6.07 Å². The van der Waals surface area contributed by atoms with Crippen LogP contribution in [0.3, 0.4) is 0 Å². The van der Waals surface area contributed by atoms with Gasteiger partial charge in [0.1, 0.15) is 6.42 Å². The number of carbonyl (C=O) groups is 1. The molecule has 102 valence electrons. The predicted octanol–water partition coefficient (Wildman–Crippen LogP) is 1.85. The molecule has 0 radical (unpaired) electrons. The molecule has 0 aromatic carbocycles. The number of nitrogens with zero attached hydrogens (tertiary/aromatic N) is 3. The molecule has 5 nitrogen and oxygen atoms in total. The SMILES string of the molecule is CCOC(=O)Cc1nc2ccc(C(F)(F)F)cn2n1. The van der Waals surface area contributed by atoms with Crippen LogP contribution < -0.4 is 0 Å². The molecule has 0 unspecified atom stereocenters. The molecule has 19 heavy (non-hydrogen) atoms. The average molecular weight is 273 g/mol. The summed E-state index contributed by atoms with van der Waals surface area (Å²) >= 11 is 0. The molecule has 0 N–H and O–H groups in total. The lowest BCUT2D eigenvalue weighted by molar-refractivity contribution is -0.142. The zero-order chi connectivity index (χ0) is 14.0. The van der Waals surface area contributed by atoms with Crippen LogP contribution in [0.4, 0.5) is 13.2 Å². The Kier molecular flexibility index (Phi) is 3.41. The first-order chi connectivity index (χ1) is 8.90. The zero-order valence-electron chi connectivity index (χ0n) is 9.94. The van der Waals surface area contributed by atoms with Crippen molar-refractivity contribution in [1.29, 1.82) is 0 Å². The van der Waals surface area contributed by atoms with Gasteiger partial charge >= 0.3 is 12.1 Å². The van der Waals surface area contributed by atoms with Gasteiger partial charge in [-0.25, -0.2) is 9.50 Å². The highest BCUT2D eigenvalue weighted by Gasteiger charge is 2.31. The topological polar surface area (TPSA) is 56.5 Å². The summed E-state index contributed by atoms with van der Waals surface area (Å²) in [4.78, 5) is 15.2. The Balaban J connectivity index is 2.28. The van der Waals surface area contributed by atoms with Gasteiger partial charge in [-0.1, -0.05) is 0 Å². The molecular weight excluding hydrogens is 263 g/mol. The Morgan fingerprint density at radius 1 is 1.42 bits per heavy atom. The van der Waals surface area contributed by atoms with Gasteiger partial charge in [-0.15, -0.1) is 0 Å². The minimum Gasteiger partial charge on any atom is -0.466 e. The Morgan fingerprint density at radius 3 is 2.79 bits per heavy atom. The molecule has 0 saturated carbocycles. The van der Waals surface area contributed by atoms with E-state index in [1.54, 1.807) is 6.92 Å². The van der Waals surface area contributed by atoms with E-state index in [2.05, 4.69) is 10.1 Å². The summed E-state index contributed by atoms with van der Waals surface area (Å²) in [5.74, 6) is -0.396. The third-order valence-electron chi connectivity index (χ3n) is 2.31.